The molecular formula is C66H131NO5. The van der Waals surface area contributed by atoms with Crippen molar-refractivity contribution in [1.29, 1.82) is 0 Å². The average Bonchev–Trinajstić information content (AvgIpc) is 3.38. The van der Waals surface area contributed by atoms with Crippen LogP contribution in [0, 0.1) is 0 Å². The van der Waals surface area contributed by atoms with E-state index in [0.717, 1.165) is 38.5 Å². The van der Waals surface area contributed by atoms with E-state index in [0.29, 0.717) is 25.9 Å². The molecule has 6 heteroatoms. The first-order valence-corrected chi connectivity index (χ1v) is 33.3. The molecular weight excluding hydrogens is 887 g/mol. The van der Waals surface area contributed by atoms with Crippen LogP contribution in [-0.4, -0.2) is 47.4 Å². The Kier molecular flexibility index (Phi) is 61.4. The molecule has 0 aliphatic heterocycles. The highest BCUT2D eigenvalue weighted by atomic mass is 16.5. The van der Waals surface area contributed by atoms with Crippen LogP contribution in [0.5, 0.6) is 0 Å². The van der Waals surface area contributed by atoms with Gasteiger partial charge in [-0.25, -0.2) is 0 Å². The van der Waals surface area contributed by atoms with E-state index < -0.39 is 12.1 Å². The van der Waals surface area contributed by atoms with Gasteiger partial charge in [-0.2, -0.15) is 0 Å². The molecule has 0 aliphatic carbocycles. The lowest BCUT2D eigenvalue weighted by Gasteiger charge is -2.22. The summed E-state index contributed by atoms with van der Waals surface area (Å²) in [7, 11) is 0. The number of rotatable bonds is 63. The minimum atomic E-state index is -0.657. The number of unbranched alkanes of at least 4 members (excludes halogenated alkanes) is 52. The Morgan fingerprint density at radius 1 is 0.333 bits per heavy atom. The van der Waals surface area contributed by atoms with Gasteiger partial charge in [0.25, 0.3) is 0 Å². The van der Waals surface area contributed by atoms with Crippen LogP contribution < -0.4 is 5.32 Å². The van der Waals surface area contributed by atoms with Crippen LogP contribution in [0.3, 0.4) is 0 Å². The molecule has 3 N–H and O–H groups in total. The van der Waals surface area contributed by atoms with Crippen LogP contribution in [0.2, 0.25) is 0 Å². The molecule has 2 unspecified atom stereocenters. The second-order valence-electron chi connectivity index (χ2n) is 23.2. The van der Waals surface area contributed by atoms with Crippen molar-refractivity contribution in [3.05, 3.63) is 0 Å². The maximum Gasteiger partial charge on any atom is 0.305 e. The predicted molar refractivity (Wildman–Crippen MR) is 315 cm³/mol. The number of ether oxygens (including phenoxy) is 1. The topological polar surface area (TPSA) is 95.9 Å². The molecule has 0 aliphatic rings. The van der Waals surface area contributed by atoms with Gasteiger partial charge < -0.3 is 20.3 Å². The Balaban J connectivity index is 3.26. The fourth-order valence-corrected chi connectivity index (χ4v) is 10.8. The number of hydrogen-bond donors (Lipinski definition) is 3. The van der Waals surface area contributed by atoms with Crippen molar-refractivity contribution >= 4 is 11.9 Å². The van der Waals surface area contributed by atoms with Crippen LogP contribution >= 0.6 is 0 Å². The van der Waals surface area contributed by atoms with E-state index in [2.05, 4.69) is 19.2 Å². The highest BCUT2D eigenvalue weighted by Crippen LogP contribution is 2.19. The van der Waals surface area contributed by atoms with Gasteiger partial charge in [0.2, 0.25) is 5.91 Å². The standard InChI is InChI=1S/C66H131NO5/c1-3-5-7-9-11-13-39-44-48-52-56-60-66(71)72-61-57-53-49-45-41-38-36-34-32-30-28-26-24-22-20-18-16-14-15-17-19-21-23-25-27-29-31-33-35-37-40-43-47-51-55-59-65(70)67-63(62-68)64(69)58-54-50-46-42-12-10-8-6-4-2/h63-64,68-69H,3-62H2,1-2H3,(H,67,70). The molecule has 0 heterocycles. The van der Waals surface area contributed by atoms with Gasteiger partial charge >= 0.3 is 5.97 Å². The number of amides is 1. The quantitative estimate of drug-likeness (QED) is 0.0417. The minimum absolute atomic E-state index is 0.0230. The Morgan fingerprint density at radius 2 is 0.569 bits per heavy atom. The van der Waals surface area contributed by atoms with E-state index in [-0.39, 0.29) is 18.5 Å². The lowest BCUT2D eigenvalue weighted by atomic mass is 10.0. The van der Waals surface area contributed by atoms with E-state index in [9.17, 15) is 19.8 Å². The molecule has 0 spiro atoms. The van der Waals surface area contributed by atoms with Crippen molar-refractivity contribution in [2.24, 2.45) is 0 Å². The maximum absolute atomic E-state index is 12.4. The molecule has 0 aromatic heterocycles. The summed E-state index contributed by atoms with van der Waals surface area (Å²) in [5, 5.41) is 23.1. The Morgan fingerprint density at radius 3 is 0.847 bits per heavy atom. The molecule has 0 fully saturated rings. The fraction of sp³-hybridized carbons (Fsp3) is 0.970. The molecule has 72 heavy (non-hydrogen) atoms. The number of esters is 1. The summed E-state index contributed by atoms with van der Waals surface area (Å²) in [6.45, 7) is 4.96. The summed E-state index contributed by atoms with van der Waals surface area (Å²) in [4.78, 5) is 24.4. The third-order valence-corrected chi connectivity index (χ3v) is 15.9. The van der Waals surface area contributed by atoms with Crippen molar-refractivity contribution in [1.82, 2.24) is 5.32 Å². The largest absolute Gasteiger partial charge is 0.466 e. The Hall–Kier alpha value is -1.14. The molecule has 430 valence electrons. The van der Waals surface area contributed by atoms with Crippen LogP contribution in [0.1, 0.15) is 386 Å². The number of hydrogen-bond acceptors (Lipinski definition) is 5. The molecule has 0 saturated carbocycles. The first-order valence-electron chi connectivity index (χ1n) is 33.3. The number of carbonyl (C=O) groups is 2. The molecule has 2 atom stereocenters. The van der Waals surface area contributed by atoms with Gasteiger partial charge in [-0.05, 0) is 25.7 Å². The zero-order valence-electron chi connectivity index (χ0n) is 49.2. The predicted octanol–water partition coefficient (Wildman–Crippen LogP) is 21.0. The highest BCUT2D eigenvalue weighted by molar-refractivity contribution is 5.76. The molecule has 0 saturated heterocycles. The summed E-state index contributed by atoms with van der Waals surface area (Å²) >= 11 is 0. The minimum Gasteiger partial charge on any atom is -0.466 e. The van der Waals surface area contributed by atoms with Gasteiger partial charge in [-0.1, -0.05) is 348 Å². The van der Waals surface area contributed by atoms with E-state index >= 15 is 0 Å². The summed E-state index contributed by atoms with van der Waals surface area (Å²) in [6.07, 6.45) is 74.5. The van der Waals surface area contributed by atoms with E-state index in [1.54, 1.807) is 0 Å². The number of aliphatic hydroxyl groups is 2. The van der Waals surface area contributed by atoms with Crippen molar-refractivity contribution in [2.75, 3.05) is 13.2 Å². The van der Waals surface area contributed by atoms with Crippen molar-refractivity contribution < 1.29 is 24.5 Å². The third kappa shape index (κ3) is 58.1. The van der Waals surface area contributed by atoms with Gasteiger partial charge in [-0.3, -0.25) is 9.59 Å². The van der Waals surface area contributed by atoms with Crippen LogP contribution in [0.25, 0.3) is 0 Å². The lowest BCUT2D eigenvalue weighted by molar-refractivity contribution is -0.143. The summed E-state index contributed by atoms with van der Waals surface area (Å²) in [6, 6.07) is -0.533. The second kappa shape index (κ2) is 62.4. The molecule has 1 amide bonds. The maximum atomic E-state index is 12.4. The smallest absolute Gasteiger partial charge is 0.305 e. The van der Waals surface area contributed by atoms with Gasteiger partial charge in [0.15, 0.2) is 0 Å². The van der Waals surface area contributed by atoms with Gasteiger partial charge in [-0.15, -0.1) is 0 Å². The van der Waals surface area contributed by atoms with Crippen molar-refractivity contribution in [2.45, 2.75) is 398 Å². The first-order chi connectivity index (χ1) is 35.5. The lowest BCUT2D eigenvalue weighted by Crippen LogP contribution is -2.45. The van der Waals surface area contributed by atoms with E-state index in [1.165, 1.54) is 315 Å². The molecule has 0 radical (unpaired) electrons. The normalized spacial score (nSPS) is 12.4. The summed E-state index contributed by atoms with van der Waals surface area (Å²) in [5.41, 5.74) is 0. The van der Waals surface area contributed by atoms with Gasteiger partial charge in [0, 0.05) is 12.8 Å². The molecule has 0 bridgehead atoms. The number of aliphatic hydroxyl groups excluding tert-OH is 2. The fourth-order valence-electron chi connectivity index (χ4n) is 10.8. The van der Waals surface area contributed by atoms with E-state index in [1.807, 2.05) is 0 Å². The summed E-state index contributed by atoms with van der Waals surface area (Å²) < 4.78 is 5.48. The Bertz CT molecular complexity index is 1040. The monoisotopic (exact) mass is 1020 g/mol. The highest BCUT2D eigenvalue weighted by Gasteiger charge is 2.20. The van der Waals surface area contributed by atoms with Crippen LogP contribution in [0.4, 0.5) is 0 Å². The first kappa shape index (κ1) is 70.9. The van der Waals surface area contributed by atoms with Crippen LogP contribution in [0.15, 0.2) is 0 Å². The second-order valence-corrected chi connectivity index (χ2v) is 23.2. The SMILES string of the molecule is CCCCCCCCCCCCCC(=O)OCCCCCCCCCCCCCCCCCCCCCCCCCCCCCCCCCCCCCC(=O)NC(CO)C(O)CCCCCCCCCCC. The van der Waals surface area contributed by atoms with Crippen molar-refractivity contribution in [3.63, 3.8) is 0 Å². The number of nitrogens with one attached hydrogen (secondary N) is 1. The molecule has 6 nitrogen and oxygen atoms in total. The molecule has 0 rings (SSSR count). The zero-order chi connectivity index (χ0) is 52.2. The van der Waals surface area contributed by atoms with Gasteiger partial charge in [0.1, 0.15) is 0 Å². The molecule has 0 aromatic carbocycles. The zero-order valence-corrected chi connectivity index (χ0v) is 49.2. The van der Waals surface area contributed by atoms with Crippen LogP contribution in [-0.2, 0) is 14.3 Å². The number of carbonyl (C=O) groups excluding carboxylic acids is 2. The Labute approximate surface area is 451 Å². The molecule has 0 aromatic rings. The van der Waals surface area contributed by atoms with E-state index in [4.69, 9.17) is 4.74 Å². The summed E-state index contributed by atoms with van der Waals surface area (Å²) in [5.74, 6) is -0.00689. The van der Waals surface area contributed by atoms with Gasteiger partial charge in [0.05, 0.1) is 25.4 Å². The third-order valence-electron chi connectivity index (χ3n) is 15.9. The van der Waals surface area contributed by atoms with Crippen molar-refractivity contribution in [3.8, 4) is 0 Å². The average molecular weight is 1020 g/mol.